The van der Waals surface area contributed by atoms with Gasteiger partial charge in [0.15, 0.2) is 0 Å². The van der Waals surface area contributed by atoms with Crippen LogP contribution >= 0.6 is 11.6 Å². The standard InChI is InChI=1S/C21H23ClN2O2/c22-18-8-6-17(7-9-18)19(16-4-2-1-3-5-16)23-20(25)24-13-10-21(11-14-24)12-15-26-21/h1-9,19H,10-15H2,(H,23,25). The van der Waals surface area contributed by atoms with E-state index in [-0.39, 0.29) is 17.7 Å². The largest absolute Gasteiger partial charge is 0.375 e. The molecule has 2 fully saturated rings. The lowest BCUT2D eigenvalue weighted by atomic mass is 9.84. The molecule has 2 aliphatic heterocycles. The van der Waals surface area contributed by atoms with E-state index in [4.69, 9.17) is 16.3 Å². The molecule has 2 amide bonds. The molecular formula is C21H23ClN2O2. The highest BCUT2D eigenvalue weighted by atomic mass is 35.5. The van der Waals surface area contributed by atoms with Crippen LogP contribution in [-0.2, 0) is 4.74 Å². The summed E-state index contributed by atoms with van der Waals surface area (Å²) >= 11 is 6.03. The molecule has 2 heterocycles. The molecule has 1 N–H and O–H groups in total. The van der Waals surface area contributed by atoms with Gasteiger partial charge in [0.1, 0.15) is 0 Å². The van der Waals surface area contributed by atoms with Crippen LogP contribution in [0.5, 0.6) is 0 Å². The van der Waals surface area contributed by atoms with Crippen molar-refractivity contribution in [3.8, 4) is 0 Å². The number of piperidine rings is 1. The monoisotopic (exact) mass is 370 g/mol. The Morgan fingerprint density at radius 3 is 2.19 bits per heavy atom. The molecule has 1 spiro atoms. The minimum atomic E-state index is -0.197. The van der Waals surface area contributed by atoms with Gasteiger partial charge in [-0.1, -0.05) is 54.1 Å². The van der Waals surface area contributed by atoms with E-state index < -0.39 is 0 Å². The van der Waals surface area contributed by atoms with Gasteiger partial charge in [0.2, 0.25) is 0 Å². The number of carbonyl (C=O) groups excluding carboxylic acids is 1. The third-order valence-corrected chi connectivity index (χ3v) is 5.78. The summed E-state index contributed by atoms with van der Waals surface area (Å²) in [4.78, 5) is 14.8. The van der Waals surface area contributed by atoms with Crippen molar-refractivity contribution < 1.29 is 9.53 Å². The van der Waals surface area contributed by atoms with Gasteiger partial charge in [-0.3, -0.25) is 0 Å². The van der Waals surface area contributed by atoms with Crippen LogP contribution in [0, 0.1) is 0 Å². The maximum Gasteiger partial charge on any atom is 0.318 e. The Hall–Kier alpha value is -2.04. The van der Waals surface area contributed by atoms with E-state index in [0.717, 1.165) is 50.1 Å². The molecule has 0 radical (unpaired) electrons. The van der Waals surface area contributed by atoms with Crippen LogP contribution in [0.3, 0.4) is 0 Å². The second-order valence-corrected chi connectivity index (χ2v) is 7.55. The van der Waals surface area contributed by atoms with E-state index in [1.807, 2.05) is 59.5 Å². The summed E-state index contributed by atoms with van der Waals surface area (Å²) in [5.74, 6) is 0. The molecule has 2 aliphatic rings. The van der Waals surface area contributed by atoms with Crippen molar-refractivity contribution in [3.05, 3.63) is 70.7 Å². The lowest BCUT2D eigenvalue weighted by molar-refractivity contribution is -0.169. The van der Waals surface area contributed by atoms with Gasteiger partial charge in [-0.05, 0) is 42.5 Å². The molecule has 2 aromatic rings. The van der Waals surface area contributed by atoms with Crippen LogP contribution < -0.4 is 5.32 Å². The fourth-order valence-electron chi connectivity index (χ4n) is 3.78. The highest BCUT2D eigenvalue weighted by Crippen LogP contribution is 2.36. The van der Waals surface area contributed by atoms with E-state index in [1.54, 1.807) is 0 Å². The van der Waals surface area contributed by atoms with E-state index in [0.29, 0.717) is 5.02 Å². The molecule has 0 saturated carbocycles. The predicted molar refractivity (Wildman–Crippen MR) is 102 cm³/mol. The summed E-state index contributed by atoms with van der Waals surface area (Å²) in [6.45, 7) is 2.35. The van der Waals surface area contributed by atoms with Gasteiger partial charge < -0.3 is 15.0 Å². The molecule has 136 valence electrons. The van der Waals surface area contributed by atoms with Crippen molar-refractivity contribution in [2.24, 2.45) is 0 Å². The molecule has 2 saturated heterocycles. The summed E-state index contributed by atoms with van der Waals surface area (Å²) in [7, 11) is 0. The van der Waals surface area contributed by atoms with Gasteiger partial charge >= 0.3 is 6.03 Å². The number of nitrogens with one attached hydrogen (secondary N) is 1. The summed E-state index contributed by atoms with van der Waals surface area (Å²) < 4.78 is 5.75. The average Bonchev–Trinajstić information content (AvgIpc) is 2.66. The number of hydrogen-bond donors (Lipinski definition) is 1. The molecule has 2 aromatic carbocycles. The zero-order valence-electron chi connectivity index (χ0n) is 14.7. The fraction of sp³-hybridized carbons (Fsp3) is 0.381. The Kier molecular flexibility index (Phi) is 4.88. The van der Waals surface area contributed by atoms with Crippen molar-refractivity contribution in [2.75, 3.05) is 19.7 Å². The summed E-state index contributed by atoms with van der Waals surface area (Å²) in [5.41, 5.74) is 2.12. The fourth-order valence-corrected chi connectivity index (χ4v) is 3.90. The lowest BCUT2D eigenvalue weighted by Gasteiger charge is -2.47. The lowest BCUT2D eigenvalue weighted by Crippen LogP contribution is -2.55. The first kappa shape index (κ1) is 17.4. The summed E-state index contributed by atoms with van der Waals surface area (Å²) in [5, 5.41) is 3.89. The quantitative estimate of drug-likeness (QED) is 0.870. The molecule has 1 atom stereocenters. The van der Waals surface area contributed by atoms with Crippen molar-refractivity contribution in [3.63, 3.8) is 0 Å². The summed E-state index contributed by atoms with van der Waals surface area (Å²) in [6.07, 6.45) is 2.98. The number of benzene rings is 2. The predicted octanol–water partition coefficient (Wildman–Crippen LogP) is 4.39. The Morgan fingerprint density at radius 1 is 1.00 bits per heavy atom. The Balaban J connectivity index is 1.49. The zero-order valence-corrected chi connectivity index (χ0v) is 15.4. The SMILES string of the molecule is O=C(NC(c1ccccc1)c1ccc(Cl)cc1)N1CCC2(CCO2)CC1. The van der Waals surface area contributed by atoms with E-state index in [9.17, 15) is 4.79 Å². The average molecular weight is 371 g/mol. The van der Waals surface area contributed by atoms with Gasteiger partial charge in [0, 0.05) is 18.1 Å². The first-order valence-corrected chi connectivity index (χ1v) is 9.53. The molecule has 5 heteroatoms. The first-order chi connectivity index (χ1) is 12.7. The number of halogens is 1. The van der Waals surface area contributed by atoms with Gasteiger partial charge in [-0.25, -0.2) is 4.79 Å². The summed E-state index contributed by atoms with van der Waals surface area (Å²) in [6, 6.07) is 17.5. The second kappa shape index (κ2) is 7.29. The number of likely N-dealkylation sites (tertiary alicyclic amines) is 1. The van der Waals surface area contributed by atoms with Gasteiger partial charge in [0.05, 0.1) is 18.2 Å². The Bertz CT molecular complexity index is 749. The Labute approximate surface area is 159 Å². The van der Waals surface area contributed by atoms with Crippen LogP contribution in [-0.4, -0.2) is 36.2 Å². The van der Waals surface area contributed by atoms with Crippen molar-refractivity contribution in [2.45, 2.75) is 30.9 Å². The minimum Gasteiger partial charge on any atom is -0.375 e. The van der Waals surface area contributed by atoms with E-state index in [2.05, 4.69) is 5.32 Å². The topological polar surface area (TPSA) is 41.6 Å². The first-order valence-electron chi connectivity index (χ1n) is 9.15. The van der Waals surface area contributed by atoms with Gasteiger partial charge in [-0.2, -0.15) is 0 Å². The third-order valence-electron chi connectivity index (χ3n) is 5.53. The molecule has 4 nitrogen and oxygen atoms in total. The Morgan fingerprint density at radius 2 is 1.62 bits per heavy atom. The normalized spacial score (nSPS) is 19.7. The molecular weight excluding hydrogens is 348 g/mol. The number of amides is 2. The minimum absolute atomic E-state index is 0.0250. The third kappa shape index (κ3) is 3.57. The maximum atomic E-state index is 12.9. The second-order valence-electron chi connectivity index (χ2n) is 7.11. The van der Waals surface area contributed by atoms with Crippen molar-refractivity contribution in [1.29, 1.82) is 0 Å². The van der Waals surface area contributed by atoms with Gasteiger partial charge in [-0.15, -0.1) is 0 Å². The van der Waals surface area contributed by atoms with Crippen molar-refractivity contribution >= 4 is 17.6 Å². The molecule has 4 rings (SSSR count). The molecule has 0 aromatic heterocycles. The number of carbonyl (C=O) groups is 1. The molecule has 1 unspecified atom stereocenters. The maximum absolute atomic E-state index is 12.9. The highest BCUT2D eigenvalue weighted by Gasteiger charge is 2.42. The van der Waals surface area contributed by atoms with Crippen LogP contribution in [0.25, 0.3) is 0 Å². The van der Waals surface area contributed by atoms with Crippen LogP contribution in [0.4, 0.5) is 4.79 Å². The van der Waals surface area contributed by atoms with E-state index in [1.165, 1.54) is 0 Å². The smallest absolute Gasteiger partial charge is 0.318 e. The molecule has 26 heavy (non-hydrogen) atoms. The van der Waals surface area contributed by atoms with Crippen LogP contribution in [0.2, 0.25) is 5.02 Å². The number of rotatable bonds is 3. The molecule has 0 aliphatic carbocycles. The number of nitrogens with zero attached hydrogens (tertiary/aromatic N) is 1. The van der Waals surface area contributed by atoms with E-state index >= 15 is 0 Å². The molecule has 0 bridgehead atoms. The van der Waals surface area contributed by atoms with Gasteiger partial charge in [0.25, 0.3) is 0 Å². The van der Waals surface area contributed by atoms with Crippen LogP contribution in [0.15, 0.2) is 54.6 Å². The van der Waals surface area contributed by atoms with Crippen LogP contribution in [0.1, 0.15) is 36.4 Å². The number of ether oxygens (including phenoxy) is 1. The zero-order chi connectivity index (χ0) is 18.0. The number of urea groups is 1. The highest BCUT2D eigenvalue weighted by molar-refractivity contribution is 6.30. The number of hydrogen-bond acceptors (Lipinski definition) is 2. The van der Waals surface area contributed by atoms with Crippen molar-refractivity contribution in [1.82, 2.24) is 10.2 Å².